The van der Waals surface area contributed by atoms with Crippen molar-refractivity contribution >= 4 is 12.0 Å². The molecule has 2 aromatic carbocycles. The first-order chi connectivity index (χ1) is 18.5. The Balaban J connectivity index is 1.46. The second kappa shape index (κ2) is 10.7. The number of esters is 1. The number of urea groups is 1. The molecule has 3 aromatic rings. The number of ether oxygens (including phenoxy) is 3. The number of aromatic nitrogens is 1. The first kappa shape index (κ1) is 24.3. The molecule has 1 atom stereocenters. The van der Waals surface area contributed by atoms with Crippen LogP contribution in [-0.4, -0.2) is 23.8 Å². The van der Waals surface area contributed by atoms with Crippen LogP contribution >= 0.6 is 0 Å². The van der Waals surface area contributed by atoms with Gasteiger partial charge in [-0.3, -0.25) is 4.98 Å². The number of allylic oxidation sites excluding steroid dienone is 1. The van der Waals surface area contributed by atoms with Crippen molar-refractivity contribution < 1.29 is 23.8 Å². The number of nitrogens with zero attached hydrogens (tertiary/aromatic N) is 3. The predicted octanol–water partition coefficient (Wildman–Crippen LogP) is 3.54. The Kier molecular flexibility index (Phi) is 6.87. The summed E-state index contributed by atoms with van der Waals surface area (Å²) in [6, 6.07) is 16.6. The van der Waals surface area contributed by atoms with Gasteiger partial charge in [0.1, 0.15) is 12.7 Å². The SMILES string of the molecule is N#Cc1cccc(COC(=O)C2=C(CCc3ccc4c(c3)OCO4)NC(=O)NC2c2cncc(C#N)c2)c1. The van der Waals surface area contributed by atoms with Crippen molar-refractivity contribution in [3.63, 3.8) is 0 Å². The Morgan fingerprint density at radius 3 is 2.68 bits per heavy atom. The van der Waals surface area contributed by atoms with Gasteiger partial charge in [0.05, 0.1) is 28.8 Å². The maximum atomic E-state index is 13.5. The fraction of sp³-hybridized carbons (Fsp3) is 0.179. The molecule has 1 aromatic heterocycles. The van der Waals surface area contributed by atoms with Crippen molar-refractivity contribution in [3.05, 3.63) is 100 Å². The number of fused-ring (bicyclic) bond motifs is 1. The fourth-order valence-electron chi connectivity index (χ4n) is 4.31. The quantitative estimate of drug-likeness (QED) is 0.462. The van der Waals surface area contributed by atoms with Crippen molar-refractivity contribution in [2.24, 2.45) is 0 Å². The Bertz CT molecular complexity index is 1540. The molecule has 10 nitrogen and oxygen atoms in total. The van der Waals surface area contributed by atoms with Crippen LogP contribution in [-0.2, 0) is 22.6 Å². The molecule has 1 unspecified atom stereocenters. The maximum Gasteiger partial charge on any atom is 0.338 e. The lowest BCUT2D eigenvalue weighted by Gasteiger charge is -2.29. The van der Waals surface area contributed by atoms with Gasteiger partial charge in [0.2, 0.25) is 6.79 Å². The van der Waals surface area contributed by atoms with Crippen molar-refractivity contribution in [1.29, 1.82) is 10.5 Å². The van der Waals surface area contributed by atoms with E-state index in [0.717, 1.165) is 5.56 Å². The van der Waals surface area contributed by atoms with Gasteiger partial charge in [-0.2, -0.15) is 10.5 Å². The first-order valence-electron chi connectivity index (χ1n) is 11.7. The number of rotatable bonds is 7. The standard InChI is InChI=1S/C28H21N5O5/c29-11-18-2-1-3-19(8-18)15-36-27(34)25-22(6-4-17-5-7-23-24(10-17)38-16-37-23)32-28(35)33-26(25)21-9-20(12-30)13-31-14-21/h1-3,5,7-10,13-14,26H,4,6,15-16H2,(H2,32,33,35). The number of benzene rings is 2. The van der Waals surface area contributed by atoms with Crippen LogP contribution in [0, 0.1) is 22.7 Å². The van der Waals surface area contributed by atoms with Gasteiger partial charge >= 0.3 is 12.0 Å². The molecule has 0 fully saturated rings. The van der Waals surface area contributed by atoms with Gasteiger partial charge in [-0.05, 0) is 59.9 Å². The Morgan fingerprint density at radius 2 is 1.84 bits per heavy atom. The van der Waals surface area contributed by atoms with Crippen LogP contribution in [0.4, 0.5) is 4.79 Å². The van der Waals surface area contributed by atoms with E-state index in [1.54, 1.807) is 30.3 Å². The van der Waals surface area contributed by atoms with E-state index in [4.69, 9.17) is 19.5 Å². The zero-order valence-corrected chi connectivity index (χ0v) is 20.1. The van der Waals surface area contributed by atoms with E-state index < -0.39 is 18.0 Å². The second-order valence-corrected chi connectivity index (χ2v) is 8.62. The maximum absolute atomic E-state index is 13.5. The molecule has 38 heavy (non-hydrogen) atoms. The molecular weight excluding hydrogens is 486 g/mol. The van der Waals surface area contributed by atoms with Gasteiger partial charge < -0.3 is 24.8 Å². The van der Waals surface area contributed by atoms with Crippen molar-refractivity contribution in [3.8, 4) is 23.6 Å². The van der Waals surface area contributed by atoms with Crippen molar-refractivity contribution in [2.75, 3.05) is 6.79 Å². The van der Waals surface area contributed by atoms with E-state index in [0.29, 0.717) is 52.3 Å². The summed E-state index contributed by atoms with van der Waals surface area (Å²) >= 11 is 0. The molecule has 188 valence electrons. The third kappa shape index (κ3) is 5.25. The molecule has 2 amide bonds. The molecule has 5 rings (SSSR count). The lowest BCUT2D eigenvalue weighted by atomic mass is 9.93. The molecule has 2 aliphatic rings. The van der Waals surface area contributed by atoms with Gasteiger partial charge in [0, 0.05) is 18.1 Å². The summed E-state index contributed by atoms with van der Waals surface area (Å²) in [5.74, 6) is 0.660. The van der Waals surface area contributed by atoms with Gasteiger partial charge in [-0.1, -0.05) is 18.2 Å². The highest BCUT2D eigenvalue weighted by Gasteiger charge is 2.34. The third-order valence-electron chi connectivity index (χ3n) is 6.12. The van der Waals surface area contributed by atoms with Crippen LogP contribution in [0.1, 0.15) is 40.3 Å². The van der Waals surface area contributed by atoms with Crippen LogP contribution in [0.5, 0.6) is 11.5 Å². The lowest BCUT2D eigenvalue weighted by molar-refractivity contribution is -0.140. The van der Waals surface area contributed by atoms with E-state index in [-0.39, 0.29) is 19.0 Å². The topological polar surface area (TPSA) is 146 Å². The number of hydrogen-bond donors (Lipinski definition) is 2. The van der Waals surface area contributed by atoms with Gasteiger partial charge in [-0.25, -0.2) is 9.59 Å². The minimum Gasteiger partial charge on any atom is -0.457 e. The summed E-state index contributed by atoms with van der Waals surface area (Å²) in [5.41, 5.74) is 3.40. The number of aryl methyl sites for hydroxylation is 1. The van der Waals surface area contributed by atoms with E-state index in [2.05, 4.69) is 21.7 Å². The average Bonchev–Trinajstić information content (AvgIpc) is 3.42. The van der Waals surface area contributed by atoms with Gasteiger partial charge in [0.15, 0.2) is 11.5 Å². The second-order valence-electron chi connectivity index (χ2n) is 8.62. The number of pyridine rings is 1. The summed E-state index contributed by atoms with van der Waals surface area (Å²) in [6.07, 6.45) is 3.72. The largest absolute Gasteiger partial charge is 0.457 e. The Hall–Kier alpha value is -5.35. The summed E-state index contributed by atoms with van der Waals surface area (Å²) < 4.78 is 16.5. The highest BCUT2D eigenvalue weighted by molar-refractivity contribution is 5.95. The zero-order chi connectivity index (χ0) is 26.5. The van der Waals surface area contributed by atoms with Crippen LogP contribution < -0.4 is 20.1 Å². The van der Waals surface area contributed by atoms with E-state index in [9.17, 15) is 14.9 Å². The Labute approximate surface area is 218 Å². The number of carbonyl (C=O) groups excluding carboxylic acids is 2. The van der Waals surface area contributed by atoms with Crippen LogP contribution in [0.2, 0.25) is 0 Å². The number of amides is 2. The molecule has 0 saturated heterocycles. The molecular formula is C28H21N5O5. The minimum atomic E-state index is -0.880. The smallest absolute Gasteiger partial charge is 0.338 e. The normalized spacial score (nSPS) is 15.6. The Morgan fingerprint density at radius 1 is 1.00 bits per heavy atom. The monoisotopic (exact) mass is 507 g/mol. The highest BCUT2D eigenvalue weighted by Crippen LogP contribution is 2.34. The molecule has 0 radical (unpaired) electrons. The first-order valence-corrected chi connectivity index (χ1v) is 11.7. The fourth-order valence-corrected chi connectivity index (χ4v) is 4.31. The van der Waals surface area contributed by atoms with Gasteiger partial charge in [0.25, 0.3) is 0 Å². The lowest BCUT2D eigenvalue weighted by Crippen LogP contribution is -2.46. The molecule has 0 bridgehead atoms. The van der Waals surface area contributed by atoms with E-state index in [1.807, 2.05) is 24.3 Å². The summed E-state index contributed by atoms with van der Waals surface area (Å²) in [7, 11) is 0. The van der Waals surface area contributed by atoms with Crippen molar-refractivity contribution in [1.82, 2.24) is 15.6 Å². The number of hydrogen-bond acceptors (Lipinski definition) is 8. The predicted molar refractivity (Wildman–Crippen MR) is 132 cm³/mol. The van der Waals surface area contributed by atoms with Gasteiger partial charge in [-0.15, -0.1) is 0 Å². The minimum absolute atomic E-state index is 0.0650. The van der Waals surface area contributed by atoms with E-state index in [1.165, 1.54) is 12.4 Å². The van der Waals surface area contributed by atoms with Crippen LogP contribution in [0.25, 0.3) is 0 Å². The van der Waals surface area contributed by atoms with Crippen molar-refractivity contribution in [2.45, 2.75) is 25.5 Å². The average molecular weight is 508 g/mol. The number of nitriles is 2. The number of carbonyl (C=O) groups is 2. The van der Waals surface area contributed by atoms with Crippen LogP contribution in [0.3, 0.4) is 0 Å². The van der Waals surface area contributed by atoms with E-state index >= 15 is 0 Å². The molecule has 3 heterocycles. The molecule has 0 aliphatic carbocycles. The molecule has 0 spiro atoms. The molecule has 0 saturated carbocycles. The summed E-state index contributed by atoms with van der Waals surface area (Å²) in [6.45, 7) is 0.0981. The zero-order valence-electron chi connectivity index (χ0n) is 20.1. The third-order valence-corrected chi connectivity index (χ3v) is 6.12. The molecule has 2 aliphatic heterocycles. The summed E-state index contributed by atoms with van der Waals surface area (Å²) in [4.78, 5) is 30.2. The molecule has 10 heteroatoms. The highest BCUT2D eigenvalue weighted by atomic mass is 16.7. The summed E-state index contributed by atoms with van der Waals surface area (Å²) in [5, 5.41) is 24.0. The molecule has 2 N–H and O–H groups in total. The number of nitrogens with one attached hydrogen (secondary N) is 2. The van der Waals surface area contributed by atoms with Crippen LogP contribution in [0.15, 0.2) is 72.2 Å².